The summed E-state index contributed by atoms with van der Waals surface area (Å²) in [6, 6.07) is 10.8. The van der Waals surface area contributed by atoms with Crippen LogP contribution in [-0.4, -0.2) is 33.8 Å². The number of piperidine rings is 1. The third-order valence-electron chi connectivity index (χ3n) is 8.31. The van der Waals surface area contributed by atoms with Gasteiger partial charge in [0.2, 0.25) is 5.91 Å². The van der Waals surface area contributed by atoms with Crippen molar-refractivity contribution in [1.29, 1.82) is 0 Å². The summed E-state index contributed by atoms with van der Waals surface area (Å²) in [5.74, 6) is 1.02. The van der Waals surface area contributed by atoms with Crippen LogP contribution in [0.4, 0.5) is 10.1 Å². The Morgan fingerprint density at radius 3 is 2.56 bits per heavy atom. The maximum absolute atomic E-state index is 14.5. The Morgan fingerprint density at radius 2 is 1.87 bits per heavy atom. The molecular weight excluding hydrogens is 519 g/mol. The van der Waals surface area contributed by atoms with E-state index in [4.69, 9.17) is 25.8 Å². The largest absolute Gasteiger partial charge is 0.381 e. The van der Waals surface area contributed by atoms with E-state index < -0.39 is 5.82 Å². The quantitative estimate of drug-likeness (QED) is 0.257. The van der Waals surface area contributed by atoms with Crippen LogP contribution in [-0.2, 0) is 9.53 Å². The first-order valence-corrected chi connectivity index (χ1v) is 14.0. The number of fused-ring (bicyclic) bond motifs is 1. The molecule has 2 aromatic carbocycles. The van der Waals surface area contributed by atoms with E-state index in [1.54, 1.807) is 18.1 Å². The molecule has 0 unspecified atom stereocenters. The number of amides is 1. The topological polar surface area (TPSA) is 73.4 Å². The van der Waals surface area contributed by atoms with Gasteiger partial charge < -0.3 is 18.7 Å². The van der Waals surface area contributed by atoms with Crippen LogP contribution in [0.5, 0.6) is 0 Å². The lowest BCUT2D eigenvalue weighted by Crippen LogP contribution is -2.40. The molecule has 1 atom stereocenters. The number of halogens is 2. The van der Waals surface area contributed by atoms with Gasteiger partial charge in [0.25, 0.3) is 0 Å². The fourth-order valence-corrected chi connectivity index (χ4v) is 6.52. The number of rotatable bonds is 5. The van der Waals surface area contributed by atoms with Crippen LogP contribution in [0, 0.1) is 19.7 Å². The zero-order valence-electron chi connectivity index (χ0n) is 22.4. The number of anilines is 1. The molecule has 0 radical (unpaired) electrons. The van der Waals surface area contributed by atoms with Gasteiger partial charge in [0.1, 0.15) is 17.4 Å². The van der Waals surface area contributed by atoms with Gasteiger partial charge in [-0.15, -0.1) is 0 Å². The Balaban J connectivity index is 1.50. The van der Waals surface area contributed by atoms with Crippen molar-refractivity contribution < 1.29 is 18.4 Å². The minimum atomic E-state index is -0.540. The van der Waals surface area contributed by atoms with Gasteiger partial charge in [0.05, 0.1) is 33.9 Å². The molecule has 4 aromatic rings. The number of hydrogen-bond donors (Lipinski definition) is 0. The molecule has 1 amide bonds. The number of ether oxygens (including phenoxy) is 1. The Hall–Kier alpha value is -3.23. The monoisotopic (exact) mass is 550 g/mol. The fourth-order valence-electron chi connectivity index (χ4n) is 6.40. The molecule has 2 aliphatic rings. The van der Waals surface area contributed by atoms with Crippen LogP contribution < -0.4 is 4.90 Å². The summed E-state index contributed by atoms with van der Waals surface area (Å²) in [6.07, 6.45) is 6.01. The number of imidazole rings is 1. The molecule has 204 valence electrons. The molecule has 1 saturated heterocycles. The summed E-state index contributed by atoms with van der Waals surface area (Å²) < 4.78 is 27.9. The van der Waals surface area contributed by atoms with Gasteiger partial charge in [0, 0.05) is 30.8 Å². The van der Waals surface area contributed by atoms with E-state index in [0.29, 0.717) is 12.1 Å². The molecule has 0 N–H and O–H groups in total. The lowest BCUT2D eigenvalue weighted by Gasteiger charge is -2.37. The lowest BCUT2D eigenvalue weighted by molar-refractivity contribution is -0.120. The van der Waals surface area contributed by atoms with Crippen molar-refractivity contribution in [3.8, 4) is 11.1 Å². The lowest BCUT2D eigenvalue weighted by atomic mass is 9.91. The summed E-state index contributed by atoms with van der Waals surface area (Å²) in [6.45, 7) is 3.85. The van der Waals surface area contributed by atoms with Crippen molar-refractivity contribution in [3.05, 3.63) is 64.5 Å². The highest BCUT2D eigenvalue weighted by Crippen LogP contribution is 2.42. The van der Waals surface area contributed by atoms with E-state index in [1.807, 2.05) is 13.8 Å². The van der Waals surface area contributed by atoms with Gasteiger partial charge in [-0.2, -0.15) is 0 Å². The van der Waals surface area contributed by atoms with Crippen LogP contribution in [0.3, 0.4) is 0 Å². The molecule has 1 saturated carbocycles. The van der Waals surface area contributed by atoms with E-state index in [9.17, 15) is 9.18 Å². The van der Waals surface area contributed by atoms with Crippen molar-refractivity contribution in [2.24, 2.45) is 0 Å². The van der Waals surface area contributed by atoms with E-state index in [1.165, 1.54) is 12.1 Å². The van der Waals surface area contributed by atoms with E-state index in [2.05, 4.69) is 27.9 Å². The predicted molar refractivity (Wildman–Crippen MR) is 148 cm³/mol. The molecule has 1 aliphatic carbocycles. The Bertz CT molecular complexity index is 1520. The second kappa shape index (κ2) is 10.4. The minimum Gasteiger partial charge on any atom is -0.381 e. The molecule has 7 nitrogen and oxygen atoms in total. The average molecular weight is 551 g/mol. The summed E-state index contributed by atoms with van der Waals surface area (Å²) >= 11 is 5.98. The summed E-state index contributed by atoms with van der Waals surface area (Å²) in [5.41, 5.74) is 5.19. The summed E-state index contributed by atoms with van der Waals surface area (Å²) in [4.78, 5) is 20.3. The molecule has 2 fully saturated rings. The van der Waals surface area contributed by atoms with Gasteiger partial charge in [-0.05, 0) is 88.3 Å². The van der Waals surface area contributed by atoms with E-state index >= 15 is 0 Å². The van der Waals surface area contributed by atoms with Gasteiger partial charge in [-0.1, -0.05) is 22.8 Å². The molecule has 39 heavy (non-hydrogen) atoms. The van der Waals surface area contributed by atoms with Crippen LogP contribution in [0.25, 0.3) is 22.2 Å². The van der Waals surface area contributed by atoms with Crippen LogP contribution in [0.1, 0.15) is 74.3 Å². The van der Waals surface area contributed by atoms with Crippen LogP contribution >= 0.6 is 11.6 Å². The van der Waals surface area contributed by atoms with E-state index in [0.717, 1.165) is 78.0 Å². The molecule has 3 heterocycles. The molecule has 1 aliphatic heterocycles. The maximum Gasteiger partial charge on any atom is 0.227 e. The number of nitrogens with zero attached hydrogens (tertiary/aromatic N) is 4. The number of carbonyl (C=O) groups excluding carboxylic acids is 1. The van der Waals surface area contributed by atoms with Gasteiger partial charge in [0.15, 0.2) is 0 Å². The summed E-state index contributed by atoms with van der Waals surface area (Å²) in [5, 5.41) is 4.16. The number of carbonyl (C=O) groups is 1. The number of aryl methyl sites for hydroxylation is 2. The van der Waals surface area contributed by atoms with Crippen molar-refractivity contribution in [2.75, 3.05) is 12.0 Å². The number of methoxy groups -OCH3 is 1. The fraction of sp³-hybridized carbons (Fsp3) is 0.433. The first-order valence-electron chi connectivity index (χ1n) is 13.6. The van der Waals surface area contributed by atoms with Crippen LogP contribution in [0.15, 0.2) is 40.9 Å². The van der Waals surface area contributed by atoms with Crippen LogP contribution in [0.2, 0.25) is 5.02 Å². The highest BCUT2D eigenvalue weighted by Gasteiger charge is 2.36. The third-order valence-corrected chi connectivity index (χ3v) is 8.62. The van der Waals surface area contributed by atoms with Crippen molar-refractivity contribution in [2.45, 2.75) is 77.0 Å². The Labute approximate surface area is 231 Å². The zero-order chi connectivity index (χ0) is 27.3. The van der Waals surface area contributed by atoms with E-state index in [-0.39, 0.29) is 29.1 Å². The standard InChI is InChI=1S/C30H32ClFN4O3/c1-17-29(18(2)39-34-17)19-7-14-26-25(15-19)33-30(36(26)20-8-11-22(38-3)12-9-20)27-5-4-6-28(37)35(27)21-10-13-23(31)24(32)16-21/h7,10,13-16,20,22,27H,4-6,8-9,11-12H2,1-3H3/t20-,22-,27-/m0/s1. The highest BCUT2D eigenvalue weighted by atomic mass is 35.5. The second-order valence-corrected chi connectivity index (χ2v) is 11.1. The molecular formula is C30H32ClFN4O3. The molecule has 6 rings (SSSR count). The van der Waals surface area contributed by atoms with Crippen molar-refractivity contribution >= 4 is 34.2 Å². The normalized spacial score (nSPS) is 22.1. The number of aromatic nitrogens is 3. The molecule has 9 heteroatoms. The molecule has 2 aromatic heterocycles. The SMILES string of the molecule is CO[C@H]1CC[C@H](n2c([C@@H]3CCCC(=O)N3c3ccc(Cl)c(F)c3)nc3cc(-c4c(C)noc4C)ccc32)CC1. The smallest absolute Gasteiger partial charge is 0.227 e. The van der Waals surface area contributed by atoms with Gasteiger partial charge in [-0.25, -0.2) is 9.37 Å². The molecule has 0 bridgehead atoms. The predicted octanol–water partition coefficient (Wildman–Crippen LogP) is 7.49. The zero-order valence-corrected chi connectivity index (χ0v) is 23.2. The van der Waals surface area contributed by atoms with Crippen molar-refractivity contribution in [3.63, 3.8) is 0 Å². The first kappa shape index (κ1) is 26.0. The average Bonchev–Trinajstić information content (AvgIpc) is 3.48. The van der Waals surface area contributed by atoms with Gasteiger partial charge >= 0.3 is 0 Å². The Morgan fingerprint density at radius 1 is 1.08 bits per heavy atom. The second-order valence-electron chi connectivity index (χ2n) is 10.7. The molecule has 0 spiro atoms. The number of benzene rings is 2. The van der Waals surface area contributed by atoms with Crippen molar-refractivity contribution in [1.82, 2.24) is 14.7 Å². The Kier molecular flexibility index (Phi) is 6.93. The first-order chi connectivity index (χ1) is 18.9. The highest BCUT2D eigenvalue weighted by molar-refractivity contribution is 6.30. The maximum atomic E-state index is 14.5. The third kappa shape index (κ3) is 4.63. The number of hydrogen-bond acceptors (Lipinski definition) is 5. The van der Waals surface area contributed by atoms with Gasteiger partial charge in [-0.3, -0.25) is 4.79 Å². The minimum absolute atomic E-state index is 0.0359. The summed E-state index contributed by atoms with van der Waals surface area (Å²) in [7, 11) is 1.77.